The second kappa shape index (κ2) is 6.18. The van der Waals surface area contributed by atoms with Gasteiger partial charge < -0.3 is 19.8 Å². The molecule has 0 saturated heterocycles. The molecular weight excluding hydrogens is 318 g/mol. The molecule has 1 amide bonds. The van der Waals surface area contributed by atoms with E-state index in [1.807, 2.05) is 0 Å². The maximum atomic E-state index is 12.4. The SMILES string of the molecule is COc1cc(OC)c(NC(=O)c2ccc3nc[nH]c3c2)cc1Cl. The van der Waals surface area contributed by atoms with Gasteiger partial charge in [0.2, 0.25) is 0 Å². The third-order valence-corrected chi connectivity index (χ3v) is 3.70. The van der Waals surface area contributed by atoms with E-state index in [0.29, 0.717) is 27.8 Å². The number of halogens is 1. The van der Waals surface area contributed by atoms with E-state index in [-0.39, 0.29) is 5.91 Å². The number of aromatic nitrogens is 2. The summed E-state index contributed by atoms with van der Waals surface area (Å²) in [6.07, 6.45) is 1.58. The number of amides is 1. The number of imidazole rings is 1. The van der Waals surface area contributed by atoms with Crippen LogP contribution in [0.1, 0.15) is 10.4 Å². The van der Waals surface area contributed by atoms with E-state index in [0.717, 1.165) is 11.0 Å². The summed E-state index contributed by atoms with van der Waals surface area (Å²) in [5.41, 5.74) is 2.55. The molecule has 23 heavy (non-hydrogen) atoms. The van der Waals surface area contributed by atoms with Gasteiger partial charge in [0.15, 0.2) is 0 Å². The fourth-order valence-corrected chi connectivity index (χ4v) is 2.47. The average molecular weight is 332 g/mol. The highest BCUT2D eigenvalue weighted by Gasteiger charge is 2.14. The summed E-state index contributed by atoms with van der Waals surface area (Å²) in [6, 6.07) is 8.42. The quantitative estimate of drug-likeness (QED) is 0.767. The Morgan fingerprint density at radius 2 is 1.96 bits per heavy atom. The summed E-state index contributed by atoms with van der Waals surface area (Å²) in [4.78, 5) is 19.5. The van der Waals surface area contributed by atoms with Crippen LogP contribution in [0.3, 0.4) is 0 Å². The van der Waals surface area contributed by atoms with E-state index in [1.54, 1.807) is 36.7 Å². The Morgan fingerprint density at radius 3 is 2.70 bits per heavy atom. The van der Waals surface area contributed by atoms with Crippen molar-refractivity contribution < 1.29 is 14.3 Å². The summed E-state index contributed by atoms with van der Waals surface area (Å²) in [5, 5.41) is 3.17. The lowest BCUT2D eigenvalue weighted by Crippen LogP contribution is -2.12. The Kier molecular flexibility index (Phi) is 4.08. The second-order valence-electron chi connectivity index (χ2n) is 4.78. The van der Waals surface area contributed by atoms with Crippen LogP contribution in [0.4, 0.5) is 5.69 Å². The predicted molar refractivity (Wildman–Crippen MR) is 88.6 cm³/mol. The number of carbonyl (C=O) groups excluding carboxylic acids is 1. The molecule has 3 aromatic rings. The molecule has 3 rings (SSSR count). The van der Waals surface area contributed by atoms with Gasteiger partial charge >= 0.3 is 0 Å². The normalized spacial score (nSPS) is 10.6. The molecule has 0 fully saturated rings. The molecule has 7 heteroatoms. The van der Waals surface area contributed by atoms with E-state index < -0.39 is 0 Å². The van der Waals surface area contributed by atoms with E-state index in [9.17, 15) is 4.79 Å². The molecule has 0 aliphatic carbocycles. The number of rotatable bonds is 4. The van der Waals surface area contributed by atoms with Gasteiger partial charge in [0, 0.05) is 11.6 Å². The molecule has 6 nitrogen and oxygen atoms in total. The van der Waals surface area contributed by atoms with Gasteiger partial charge in [-0.15, -0.1) is 0 Å². The summed E-state index contributed by atoms with van der Waals surface area (Å²) in [7, 11) is 3.02. The highest BCUT2D eigenvalue weighted by atomic mass is 35.5. The van der Waals surface area contributed by atoms with Crippen molar-refractivity contribution in [3.05, 3.63) is 47.2 Å². The Hall–Kier alpha value is -2.73. The number of ether oxygens (including phenoxy) is 2. The van der Waals surface area contributed by atoms with Crippen molar-refractivity contribution >= 4 is 34.2 Å². The fraction of sp³-hybridized carbons (Fsp3) is 0.125. The van der Waals surface area contributed by atoms with Crippen LogP contribution in [-0.2, 0) is 0 Å². The number of hydrogen-bond acceptors (Lipinski definition) is 4. The van der Waals surface area contributed by atoms with Gasteiger partial charge in [-0.2, -0.15) is 0 Å². The first-order valence-corrected chi connectivity index (χ1v) is 7.16. The zero-order valence-electron chi connectivity index (χ0n) is 12.5. The maximum absolute atomic E-state index is 12.4. The topological polar surface area (TPSA) is 76.2 Å². The zero-order valence-corrected chi connectivity index (χ0v) is 13.3. The third-order valence-electron chi connectivity index (χ3n) is 3.40. The van der Waals surface area contributed by atoms with Crippen molar-refractivity contribution in [3.8, 4) is 11.5 Å². The van der Waals surface area contributed by atoms with E-state index in [2.05, 4.69) is 15.3 Å². The molecule has 2 aromatic carbocycles. The molecular formula is C16H14ClN3O3. The monoisotopic (exact) mass is 331 g/mol. The molecule has 0 radical (unpaired) electrons. The lowest BCUT2D eigenvalue weighted by molar-refractivity contribution is 0.102. The Bertz CT molecular complexity index is 876. The van der Waals surface area contributed by atoms with Gasteiger partial charge in [-0.1, -0.05) is 11.6 Å². The summed E-state index contributed by atoms with van der Waals surface area (Å²) in [6.45, 7) is 0. The molecule has 0 saturated carbocycles. The minimum absolute atomic E-state index is 0.277. The molecule has 1 heterocycles. The van der Waals surface area contributed by atoms with E-state index in [1.165, 1.54) is 14.2 Å². The minimum Gasteiger partial charge on any atom is -0.495 e. The fourth-order valence-electron chi connectivity index (χ4n) is 2.23. The van der Waals surface area contributed by atoms with E-state index >= 15 is 0 Å². The number of methoxy groups -OCH3 is 2. The lowest BCUT2D eigenvalue weighted by Gasteiger charge is -2.13. The number of nitrogens with one attached hydrogen (secondary N) is 2. The molecule has 2 N–H and O–H groups in total. The van der Waals surface area contributed by atoms with Gasteiger partial charge in [0.05, 0.1) is 42.3 Å². The largest absolute Gasteiger partial charge is 0.495 e. The van der Waals surface area contributed by atoms with Crippen molar-refractivity contribution in [1.82, 2.24) is 9.97 Å². The molecule has 0 aliphatic rings. The molecule has 0 atom stereocenters. The highest BCUT2D eigenvalue weighted by Crippen LogP contribution is 2.36. The molecule has 1 aromatic heterocycles. The summed E-state index contributed by atoms with van der Waals surface area (Å²) in [5.74, 6) is 0.656. The summed E-state index contributed by atoms with van der Waals surface area (Å²) >= 11 is 6.11. The second-order valence-corrected chi connectivity index (χ2v) is 5.18. The van der Waals surface area contributed by atoms with Crippen molar-refractivity contribution in [3.63, 3.8) is 0 Å². The third kappa shape index (κ3) is 2.93. The standard InChI is InChI=1S/C16H14ClN3O3/c1-22-14-7-15(23-2)13(6-10(14)17)20-16(21)9-3-4-11-12(5-9)19-8-18-11/h3-8H,1-2H3,(H,18,19)(H,20,21). The van der Waals surface area contributed by atoms with Gasteiger partial charge in [-0.25, -0.2) is 4.98 Å². The number of benzene rings is 2. The Labute approximate surface area is 137 Å². The van der Waals surface area contributed by atoms with Crippen molar-refractivity contribution in [2.24, 2.45) is 0 Å². The highest BCUT2D eigenvalue weighted by molar-refractivity contribution is 6.32. The van der Waals surface area contributed by atoms with Gasteiger partial charge in [0.25, 0.3) is 5.91 Å². The first-order valence-electron chi connectivity index (χ1n) is 6.78. The number of H-pyrrole nitrogens is 1. The zero-order chi connectivity index (χ0) is 16.4. The molecule has 118 valence electrons. The van der Waals surface area contributed by atoms with Crippen LogP contribution in [0.25, 0.3) is 11.0 Å². The number of fused-ring (bicyclic) bond motifs is 1. The number of hydrogen-bond donors (Lipinski definition) is 2. The van der Waals surface area contributed by atoms with E-state index in [4.69, 9.17) is 21.1 Å². The van der Waals surface area contributed by atoms with Crippen LogP contribution in [0, 0.1) is 0 Å². The first-order chi connectivity index (χ1) is 11.1. The number of anilines is 1. The number of nitrogens with zero attached hydrogens (tertiary/aromatic N) is 1. The van der Waals surface area contributed by atoms with Crippen molar-refractivity contribution in [2.45, 2.75) is 0 Å². The maximum Gasteiger partial charge on any atom is 0.255 e. The summed E-state index contributed by atoms with van der Waals surface area (Å²) < 4.78 is 10.4. The molecule has 0 unspecified atom stereocenters. The molecule has 0 bridgehead atoms. The Balaban J connectivity index is 1.91. The van der Waals surface area contributed by atoms with Crippen molar-refractivity contribution in [2.75, 3.05) is 19.5 Å². The van der Waals surface area contributed by atoms with Crippen LogP contribution in [-0.4, -0.2) is 30.1 Å². The predicted octanol–water partition coefficient (Wildman–Crippen LogP) is 3.49. The van der Waals surface area contributed by atoms with Crippen LogP contribution >= 0.6 is 11.6 Å². The number of aromatic amines is 1. The Morgan fingerprint density at radius 1 is 1.17 bits per heavy atom. The minimum atomic E-state index is -0.277. The van der Waals surface area contributed by atoms with Crippen LogP contribution in [0.5, 0.6) is 11.5 Å². The van der Waals surface area contributed by atoms with Crippen molar-refractivity contribution in [1.29, 1.82) is 0 Å². The lowest BCUT2D eigenvalue weighted by atomic mass is 10.1. The van der Waals surface area contributed by atoms with Gasteiger partial charge in [0.1, 0.15) is 11.5 Å². The molecule has 0 spiro atoms. The van der Waals surface area contributed by atoms with Crippen LogP contribution < -0.4 is 14.8 Å². The number of carbonyl (C=O) groups is 1. The van der Waals surface area contributed by atoms with Crippen LogP contribution in [0.15, 0.2) is 36.7 Å². The first kappa shape index (κ1) is 15.2. The van der Waals surface area contributed by atoms with Gasteiger partial charge in [-0.05, 0) is 24.3 Å². The average Bonchev–Trinajstić information content (AvgIpc) is 3.02. The smallest absolute Gasteiger partial charge is 0.255 e. The van der Waals surface area contributed by atoms with Crippen LogP contribution in [0.2, 0.25) is 5.02 Å². The molecule has 0 aliphatic heterocycles. The van der Waals surface area contributed by atoms with Gasteiger partial charge in [-0.3, -0.25) is 4.79 Å².